The van der Waals surface area contributed by atoms with Gasteiger partial charge in [-0.05, 0) is 24.3 Å². The minimum atomic E-state index is -0.411. The number of esters is 1. The zero-order valence-electron chi connectivity index (χ0n) is 9.33. The number of carbonyl (C=O) groups is 1. The predicted molar refractivity (Wildman–Crippen MR) is 65.3 cm³/mol. The molecule has 0 radical (unpaired) electrons. The maximum Gasteiger partial charge on any atom is 0.343 e. The Balaban J connectivity index is 1.93. The van der Waals surface area contributed by atoms with Crippen LogP contribution in [-0.2, 0) is 0 Å². The van der Waals surface area contributed by atoms with Crippen molar-refractivity contribution in [3.05, 3.63) is 54.1 Å². The number of benzene rings is 2. The maximum atomic E-state index is 11.9. The van der Waals surface area contributed by atoms with E-state index in [9.17, 15) is 4.79 Å². The average Bonchev–Trinajstić information content (AvgIpc) is 2.89. The Morgan fingerprint density at radius 1 is 1.06 bits per heavy atom. The van der Waals surface area contributed by atoms with Gasteiger partial charge in [0.1, 0.15) is 0 Å². The van der Waals surface area contributed by atoms with Gasteiger partial charge in [0.25, 0.3) is 0 Å². The van der Waals surface area contributed by atoms with E-state index in [0.717, 1.165) is 5.52 Å². The van der Waals surface area contributed by atoms with E-state index >= 15 is 0 Å². The fraction of sp³-hybridized carbons (Fsp3) is 0. The van der Waals surface area contributed by atoms with Crippen LogP contribution in [0.3, 0.4) is 0 Å². The van der Waals surface area contributed by atoms with E-state index in [2.05, 4.69) is 15.4 Å². The van der Waals surface area contributed by atoms with Crippen molar-refractivity contribution >= 4 is 17.0 Å². The van der Waals surface area contributed by atoms with Gasteiger partial charge in [-0.25, -0.2) is 4.79 Å². The van der Waals surface area contributed by atoms with Crippen molar-refractivity contribution in [2.75, 3.05) is 0 Å². The third-order valence-electron chi connectivity index (χ3n) is 2.53. The average molecular weight is 239 g/mol. The lowest BCUT2D eigenvalue weighted by Gasteiger charge is -2.03. The van der Waals surface area contributed by atoms with Crippen LogP contribution in [0.2, 0.25) is 0 Å². The number of H-pyrrole nitrogens is 1. The Labute approximate surface area is 102 Å². The first-order valence-electron chi connectivity index (χ1n) is 5.41. The lowest BCUT2D eigenvalue weighted by molar-refractivity contribution is 0.0737. The number of ether oxygens (including phenoxy) is 1. The molecule has 5 heteroatoms. The van der Waals surface area contributed by atoms with Gasteiger partial charge in [0.2, 0.25) is 0 Å². The Kier molecular flexibility index (Phi) is 2.49. The fourth-order valence-electron chi connectivity index (χ4n) is 1.66. The number of aromatic nitrogens is 3. The van der Waals surface area contributed by atoms with E-state index in [4.69, 9.17) is 4.74 Å². The number of rotatable bonds is 2. The van der Waals surface area contributed by atoms with Crippen LogP contribution in [0.25, 0.3) is 11.0 Å². The lowest BCUT2D eigenvalue weighted by Crippen LogP contribution is -2.08. The highest BCUT2D eigenvalue weighted by atomic mass is 16.5. The second-order valence-corrected chi connectivity index (χ2v) is 3.72. The molecule has 1 aromatic heterocycles. The van der Waals surface area contributed by atoms with Crippen molar-refractivity contribution in [2.24, 2.45) is 0 Å². The first kappa shape index (κ1) is 10.5. The molecular weight excluding hydrogens is 230 g/mol. The standard InChI is InChI=1S/C13H9N3O2/c17-13(9-5-2-1-3-6-9)18-11-8-4-7-10-12(11)15-16-14-10/h1-8H,(H,14,15,16). The van der Waals surface area contributed by atoms with Crippen LogP contribution < -0.4 is 4.74 Å². The van der Waals surface area contributed by atoms with Gasteiger partial charge in [-0.2, -0.15) is 0 Å². The Morgan fingerprint density at radius 3 is 2.72 bits per heavy atom. The number of fused-ring (bicyclic) bond motifs is 1. The van der Waals surface area contributed by atoms with Crippen LogP contribution in [0.4, 0.5) is 0 Å². The fourth-order valence-corrected chi connectivity index (χ4v) is 1.66. The summed E-state index contributed by atoms with van der Waals surface area (Å²) in [5.74, 6) is -0.0128. The summed E-state index contributed by atoms with van der Waals surface area (Å²) in [7, 11) is 0. The molecule has 0 unspecified atom stereocenters. The van der Waals surface area contributed by atoms with Gasteiger partial charge in [0.05, 0.1) is 11.1 Å². The molecule has 3 rings (SSSR count). The minimum absolute atomic E-state index is 0.398. The van der Waals surface area contributed by atoms with Crippen LogP contribution in [0.1, 0.15) is 10.4 Å². The molecule has 1 heterocycles. The number of nitrogens with zero attached hydrogens (tertiary/aromatic N) is 2. The quantitative estimate of drug-likeness (QED) is 0.549. The number of hydrogen-bond acceptors (Lipinski definition) is 4. The van der Waals surface area contributed by atoms with Crippen molar-refractivity contribution < 1.29 is 9.53 Å². The van der Waals surface area contributed by atoms with Gasteiger partial charge in [0, 0.05) is 0 Å². The highest BCUT2D eigenvalue weighted by Crippen LogP contribution is 2.22. The molecule has 88 valence electrons. The number of hydrogen-bond donors (Lipinski definition) is 1. The van der Waals surface area contributed by atoms with Gasteiger partial charge in [-0.3, -0.25) is 5.10 Å². The molecule has 0 aliphatic carbocycles. The van der Waals surface area contributed by atoms with E-state index in [1.807, 2.05) is 12.1 Å². The normalized spacial score (nSPS) is 10.4. The molecule has 0 fully saturated rings. The lowest BCUT2D eigenvalue weighted by atomic mass is 10.2. The SMILES string of the molecule is O=C(Oc1cccc2[nH]nnc12)c1ccccc1. The van der Waals surface area contributed by atoms with E-state index in [-0.39, 0.29) is 0 Å². The molecule has 0 amide bonds. The Hall–Kier alpha value is -2.69. The van der Waals surface area contributed by atoms with Crippen molar-refractivity contribution in [3.63, 3.8) is 0 Å². The van der Waals surface area contributed by atoms with Crippen LogP contribution in [-0.4, -0.2) is 21.4 Å². The number of nitrogens with one attached hydrogen (secondary N) is 1. The van der Waals surface area contributed by atoms with Crippen molar-refractivity contribution in [2.45, 2.75) is 0 Å². The van der Waals surface area contributed by atoms with Gasteiger partial charge >= 0.3 is 5.97 Å². The monoisotopic (exact) mass is 239 g/mol. The molecule has 2 aromatic carbocycles. The Morgan fingerprint density at radius 2 is 1.89 bits per heavy atom. The molecule has 5 nitrogen and oxygen atoms in total. The van der Waals surface area contributed by atoms with Gasteiger partial charge < -0.3 is 4.74 Å². The predicted octanol–water partition coefficient (Wildman–Crippen LogP) is 2.18. The van der Waals surface area contributed by atoms with Crippen LogP contribution in [0.15, 0.2) is 48.5 Å². The summed E-state index contributed by atoms with van der Waals surface area (Å²) in [5, 5.41) is 10.3. The second kappa shape index (κ2) is 4.29. The smallest absolute Gasteiger partial charge is 0.343 e. The van der Waals surface area contributed by atoms with Crippen molar-refractivity contribution in [1.29, 1.82) is 0 Å². The zero-order chi connectivity index (χ0) is 12.4. The third kappa shape index (κ3) is 1.82. The highest BCUT2D eigenvalue weighted by Gasteiger charge is 2.11. The molecule has 1 N–H and O–H groups in total. The first-order valence-corrected chi connectivity index (χ1v) is 5.41. The maximum absolute atomic E-state index is 11.9. The topological polar surface area (TPSA) is 67.9 Å². The van der Waals surface area contributed by atoms with Crippen molar-refractivity contribution in [3.8, 4) is 5.75 Å². The van der Waals surface area contributed by atoms with Crippen molar-refractivity contribution in [1.82, 2.24) is 15.4 Å². The third-order valence-corrected chi connectivity index (χ3v) is 2.53. The van der Waals surface area contributed by atoms with Crippen LogP contribution >= 0.6 is 0 Å². The zero-order valence-corrected chi connectivity index (χ0v) is 9.33. The summed E-state index contributed by atoms with van der Waals surface area (Å²) in [6, 6.07) is 14.1. The van der Waals surface area contributed by atoms with E-state index in [1.165, 1.54) is 0 Å². The van der Waals surface area contributed by atoms with Crippen LogP contribution in [0.5, 0.6) is 5.75 Å². The molecule has 0 aliphatic rings. The van der Waals surface area contributed by atoms with Crippen LogP contribution in [0, 0.1) is 0 Å². The number of carbonyl (C=O) groups excluding carboxylic acids is 1. The molecule has 18 heavy (non-hydrogen) atoms. The van der Waals surface area contributed by atoms with E-state index in [0.29, 0.717) is 16.8 Å². The molecule has 0 spiro atoms. The summed E-state index contributed by atoms with van der Waals surface area (Å²) in [6.07, 6.45) is 0. The van der Waals surface area contributed by atoms with Gasteiger partial charge in [-0.1, -0.05) is 29.5 Å². The number of aromatic amines is 1. The molecule has 0 bridgehead atoms. The van der Waals surface area contributed by atoms with E-state index < -0.39 is 5.97 Å². The molecule has 0 aliphatic heterocycles. The summed E-state index contributed by atoms with van der Waals surface area (Å²) in [4.78, 5) is 11.9. The highest BCUT2D eigenvalue weighted by molar-refractivity contribution is 5.93. The van der Waals surface area contributed by atoms with E-state index in [1.54, 1.807) is 36.4 Å². The minimum Gasteiger partial charge on any atom is -0.420 e. The molecule has 3 aromatic rings. The summed E-state index contributed by atoms with van der Waals surface area (Å²) in [6.45, 7) is 0. The molecule has 0 saturated carbocycles. The largest absolute Gasteiger partial charge is 0.420 e. The molecule has 0 atom stereocenters. The molecular formula is C13H9N3O2. The van der Waals surface area contributed by atoms with Gasteiger partial charge in [0.15, 0.2) is 11.3 Å². The summed E-state index contributed by atoms with van der Waals surface area (Å²) >= 11 is 0. The first-order chi connectivity index (χ1) is 8.84. The molecule has 0 saturated heterocycles. The summed E-state index contributed by atoms with van der Waals surface area (Å²) in [5.41, 5.74) is 1.77. The second-order valence-electron chi connectivity index (χ2n) is 3.72. The Bertz CT molecular complexity index is 692. The summed E-state index contributed by atoms with van der Waals surface area (Å²) < 4.78 is 5.31. The van der Waals surface area contributed by atoms with Gasteiger partial charge in [-0.15, -0.1) is 5.10 Å².